The van der Waals surface area contributed by atoms with Crippen LogP contribution in [0.1, 0.15) is 11.6 Å². The van der Waals surface area contributed by atoms with Gasteiger partial charge < -0.3 is 10.1 Å². The Hall–Kier alpha value is -1.99. The summed E-state index contributed by atoms with van der Waals surface area (Å²) in [7, 11) is 1.62. The van der Waals surface area contributed by atoms with Crippen molar-refractivity contribution in [3.63, 3.8) is 0 Å². The minimum absolute atomic E-state index is 0.389. The number of hydrogen-bond donors (Lipinski definition) is 1. The van der Waals surface area contributed by atoms with Gasteiger partial charge in [-0.3, -0.25) is 0 Å². The highest BCUT2D eigenvalue weighted by atomic mass is 79.9. The number of nitrogens with zero attached hydrogens (tertiary/aromatic N) is 1. The number of benzene rings is 2. The van der Waals surface area contributed by atoms with E-state index in [0.717, 1.165) is 21.5 Å². The second-order valence-corrected chi connectivity index (χ2v) is 4.91. The van der Waals surface area contributed by atoms with Crippen LogP contribution in [0.2, 0.25) is 0 Å². The highest BCUT2D eigenvalue weighted by molar-refractivity contribution is 9.10. The van der Waals surface area contributed by atoms with Crippen molar-refractivity contribution in [1.82, 2.24) is 0 Å². The van der Waals surface area contributed by atoms with Crippen molar-refractivity contribution in [1.29, 1.82) is 5.26 Å². The lowest BCUT2D eigenvalue weighted by molar-refractivity contribution is 0.414. The van der Waals surface area contributed by atoms with Crippen LogP contribution in [0.4, 0.5) is 5.69 Å². The minimum Gasteiger partial charge on any atom is -0.497 e. The van der Waals surface area contributed by atoms with Gasteiger partial charge in [-0.15, -0.1) is 0 Å². The van der Waals surface area contributed by atoms with Crippen molar-refractivity contribution in [2.75, 3.05) is 12.4 Å². The molecule has 0 amide bonds. The lowest BCUT2D eigenvalue weighted by Crippen LogP contribution is -2.08. The fourth-order valence-electron chi connectivity index (χ4n) is 1.73. The van der Waals surface area contributed by atoms with Gasteiger partial charge in [0.05, 0.1) is 13.2 Å². The molecular weight excluding hydrogens is 304 g/mol. The van der Waals surface area contributed by atoms with Crippen LogP contribution in [-0.4, -0.2) is 7.11 Å². The third-order valence-corrected chi connectivity index (χ3v) is 3.21. The molecule has 0 aliphatic rings. The van der Waals surface area contributed by atoms with Crippen LogP contribution in [0, 0.1) is 11.3 Å². The van der Waals surface area contributed by atoms with E-state index in [2.05, 4.69) is 27.3 Å². The number of nitriles is 1. The first-order valence-corrected chi connectivity index (χ1v) is 6.58. The van der Waals surface area contributed by atoms with Crippen molar-refractivity contribution in [3.8, 4) is 11.8 Å². The Labute approximate surface area is 121 Å². The smallest absolute Gasteiger partial charge is 0.140 e. The van der Waals surface area contributed by atoms with E-state index in [1.165, 1.54) is 0 Å². The first kappa shape index (κ1) is 13.4. The average Bonchev–Trinajstić information content (AvgIpc) is 2.45. The van der Waals surface area contributed by atoms with Crippen molar-refractivity contribution < 1.29 is 4.74 Å². The molecule has 0 fully saturated rings. The van der Waals surface area contributed by atoms with E-state index in [0.29, 0.717) is 0 Å². The Morgan fingerprint density at radius 1 is 1.21 bits per heavy atom. The second kappa shape index (κ2) is 6.26. The fraction of sp³-hybridized carbons (Fsp3) is 0.133. The molecule has 0 saturated heterocycles. The van der Waals surface area contributed by atoms with Gasteiger partial charge in [0, 0.05) is 10.2 Å². The lowest BCUT2D eigenvalue weighted by Gasteiger charge is -2.14. The van der Waals surface area contributed by atoms with Crippen LogP contribution >= 0.6 is 15.9 Å². The molecule has 1 N–H and O–H groups in total. The number of hydrogen-bond acceptors (Lipinski definition) is 3. The van der Waals surface area contributed by atoms with Crippen LogP contribution in [-0.2, 0) is 0 Å². The number of nitrogens with one attached hydrogen (secondary N) is 1. The molecular formula is C15H13BrN2O. The Kier molecular flexibility index (Phi) is 4.43. The first-order chi connectivity index (χ1) is 9.22. The lowest BCUT2D eigenvalue weighted by atomic mass is 10.1. The number of halogens is 1. The quantitative estimate of drug-likeness (QED) is 0.922. The summed E-state index contributed by atoms with van der Waals surface area (Å²) < 4.78 is 6.08. The summed E-state index contributed by atoms with van der Waals surface area (Å²) in [6.45, 7) is 0. The summed E-state index contributed by atoms with van der Waals surface area (Å²) in [5.74, 6) is 0.780. The number of ether oxygens (including phenoxy) is 1. The summed E-state index contributed by atoms with van der Waals surface area (Å²) in [6, 6.07) is 17.1. The van der Waals surface area contributed by atoms with Crippen LogP contribution < -0.4 is 10.1 Å². The molecule has 3 nitrogen and oxygen atoms in total. The van der Waals surface area contributed by atoms with E-state index < -0.39 is 0 Å². The SMILES string of the molecule is COc1ccc(C(C#N)Nc2cccc(Br)c2)cc1. The van der Waals surface area contributed by atoms with E-state index >= 15 is 0 Å². The third-order valence-electron chi connectivity index (χ3n) is 2.71. The maximum Gasteiger partial charge on any atom is 0.140 e. The summed E-state index contributed by atoms with van der Waals surface area (Å²) in [4.78, 5) is 0. The van der Waals surface area contributed by atoms with E-state index in [9.17, 15) is 5.26 Å². The molecule has 2 rings (SSSR count). The maximum atomic E-state index is 9.28. The summed E-state index contributed by atoms with van der Waals surface area (Å²) >= 11 is 3.41. The predicted octanol–water partition coefficient (Wildman–Crippen LogP) is 4.13. The molecule has 1 unspecified atom stereocenters. The highest BCUT2D eigenvalue weighted by Crippen LogP contribution is 2.23. The summed E-state index contributed by atoms with van der Waals surface area (Å²) in [5, 5.41) is 12.5. The molecule has 4 heteroatoms. The monoisotopic (exact) mass is 316 g/mol. The molecule has 2 aromatic carbocycles. The largest absolute Gasteiger partial charge is 0.497 e. The number of methoxy groups -OCH3 is 1. The van der Waals surface area contributed by atoms with Crippen LogP contribution in [0.25, 0.3) is 0 Å². The zero-order valence-corrected chi connectivity index (χ0v) is 12.0. The van der Waals surface area contributed by atoms with Gasteiger partial charge in [0.25, 0.3) is 0 Å². The van der Waals surface area contributed by atoms with Gasteiger partial charge in [-0.25, -0.2) is 0 Å². The molecule has 0 heterocycles. The van der Waals surface area contributed by atoms with Crippen molar-refractivity contribution in [2.45, 2.75) is 6.04 Å². The number of anilines is 1. The van der Waals surface area contributed by atoms with E-state index in [-0.39, 0.29) is 6.04 Å². The van der Waals surface area contributed by atoms with E-state index in [1.807, 2.05) is 48.5 Å². The van der Waals surface area contributed by atoms with Gasteiger partial charge in [-0.2, -0.15) is 5.26 Å². The van der Waals surface area contributed by atoms with Gasteiger partial charge >= 0.3 is 0 Å². The molecule has 0 aliphatic heterocycles. The van der Waals surface area contributed by atoms with Crippen molar-refractivity contribution in [3.05, 3.63) is 58.6 Å². The van der Waals surface area contributed by atoms with Gasteiger partial charge in [0.2, 0.25) is 0 Å². The van der Waals surface area contributed by atoms with Crippen LogP contribution in [0.15, 0.2) is 53.0 Å². The van der Waals surface area contributed by atoms with E-state index in [1.54, 1.807) is 7.11 Å². The average molecular weight is 317 g/mol. The standard InChI is InChI=1S/C15H13BrN2O/c1-19-14-7-5-11(6-8-14)15(10-17)18-13-4-2-3-12(16)9-13/h2-9,15,18H,1H3. The number of rotatable bonds is 4. The molecule has 0 aromatic heterocycles. The molecule has 0 radical (unpaired) electrons. The molecule has 2 aromatic rings. The minimum atomic E-state index is -0.389. The topological polar surface area (TPSA) is 45.0 Å². The third kappa shape index (κ3) is 3.49. The Morgan fingerprint density at radius 2 is 1.95 bits per heavy atom. The van der Waals surface area contributed by atoms with Gasteiger partial charge in [-0.1, -0.05) is 34.1 Å². The molecule has 1 atom stereocenters. The fourth-order valence-corrected chi connectivity index (χ4v) is 2.13. The predicted molar refractivity (Wildman–Crippen MR) is 79.1 cm³/mol. The van der Waals surface area contributed by atoms with Crippen LogP contribution in [0.5, 0.6) is 5.75 Å². The Morgan fingerprint density at radius 3 is 2.53 bits per heavy atom. The van der Waals surface area contributed by atoms with E-state index in [4.69, 9.17) is 4.74 Å². The van der Waals surface area contributed by atoms with Crippen LogP contribution in [0.3, 0.4) is 0 Å². The zero-order valence-electron chi connectivity index (χ0n) is 10.4. The maximum absolute atomic E-state index is 9.28. The van der Waals surface area contributed by atoms with Crippen molar-refractivity contribution >= 4 is 21.6 Å². The van der Waals surface area contributed by atoms with Crippen molar-refractivity contribution in [2.24, 2.45) is 0 Å². The molecule has 0 saturated carbocycles. The molecule has 0 bridgehead atoms. The first-order valence-electron chi connectivity index (χ1n) is 5.78. The second-order valence-electron chi connectivity index (χ2n) is 3.99. The summed E-state index contributed by atoms with van der Waals surface area (Å²) in [5.41, 5.74) is 1.81. The zero-order chi connectivity index (χ0) is 13.7. The Bertz CT molecular complexity index is 590. The normalized spacial score (nSPS) is 11.4. The van der Waals surface area contributed by atoms with Gasteiger partial charge in [0.15, 0.2) is 0 Å². The molecule has 96 valence electrons. The Balaban J connectivity index is 2.18. The molecule has 0 spiro atoms. The van der Waals surface area contributed by atoms with Gasteiger partial charge in [0.1, 0.15) is 11.8 Å². The molecule has 19 heavy (non-hydrogen) atoms. The van der Waals surface area contributed by atoms with Gasteiger partial charge in [-0.05, 0) is 35.9 Å². The summed E-state index contributed by atoms with van der Waals surface area (Å²) in [6.07, 6.45) is 0. The highest BCUT2D eigenvalue weighted by Gasteiger charge is 2.10. The molecule has 0 aliphatic carbocycles.